The molecule has 0 saturated heterocycles. The van der Waals surface area contributed by atoms with Crippen molar-refractivity contribution in [3.8, 4) is 11.5 Å². The first-order valence-electron chi connectivity index (χ1n) is 10.9. The van der Waals surface area contributed by atoms with Gasteiger partial charge in [0, 0.05) is 23.6 Å². The van der Waals surface area contributed by atoms with Crippen molar-refractivity contribution in [3.05, 3.63) is 58.6 Å². The number of methoxy groups -OCH3 is 2. The normalized spacial score (nSPS) is 15.1. The topological polar surface area (TPSA) is 140 Å². The van der Waals surface area contributed by atoms with Crippen molar-refractivity contribution in [2.24, 2.45) is 0 Å². The number of ether oxygens (including phenoxy) is 2. The van der Waals surface area contributed by atoms with Crippen LogP contribution in [0.25, 0.3) is 16.3 Å². The molecule has 3 aromatic rings. The van der Waals surface area contributed by atoms with E-state index in [0.29, 0.717) is 21.5 Å². The minimum Gasteiger partial charge on any atom is -0.748 e. The first-order valence-corrected chi connectivity index (χ1v) is 15.7. The molecule has 4 rings (SSSR count). The van der Waals surface area contributed by atoms with Crippen molar-refractivity contribution in [2.75, 3.05) is 37.2 Å². The lowest BCUT2D eigenvalue weighted by Crippen LogP contribution is -2.38. The van der Waals surface area contributed by atoms with E-state index in [1.807, 2.05) is 12.1 Å². The van der Waals surface area contributed by atoms with Crippen molar-refractivity contribution < 1.29 is 40.0 Å². The van der Waals surface area contributed by atoms with E-state index >= 15 is 0 Å². The lowest BCUT2D eigenvalue weighted by molar-refractivity contribution is -0.664. The number of aryl methyl sites for hydroxylation is 1. The van der Waals surface area contributed by atoms with Crippen LogP contribution in [0.15, 0.2) is 58.5 Å². The van der Waals surface area contributed by atoms with Crippen molar-refractivity contribution >= 4 is 65.3 Å². The molecule has 37 heavy (non-hydrogen) atoms. The van der Waals surface area contributed by atoms with Gasteiger partial charge in [-0.3, -0.25) is 0 Å². The van der Waals surface area contributed by atoms with Gasteiger partial charge >= 0.3 is 0 Å². The predicted molar refractivity (Wildman–Crippen MR) is 141 cm³/mol. The fourth-order valence-corrected chi connectivity index (χ4v) is 6.72. The second-order valence-corrected chi connectivity index (χ2v) is 13.1. The lowest BCUT2D eigenvalue weighted by atomic mass is 10.2. The highest BCUT2D eigenvalue weighted by atomic mass is 32.2. The Morgan fingerprint density at radius 2 is 1.65 bits per heavy atom. The van der Waals surface area contributed by atoms with Crippen LogP contribution in [0.1, 0.15) is 5.01 Å². The fourth-order valence-electron chi connectivity index (χ4n) is 3.74. The number of benzene rings is 2. The van der Waals surface area contributed by atoms with Crippen LogP contribution in [0, 0.1) is 0 Å². The third kappa shape index (κ3) is 6.83. The van der Waals surface area contributed by atoms with Gasteiger partial charge in [0.25, 0.3) is 5.01 Å². The Hall–Kier alpha value is -2.62. The SMILES string of the molecule is COc1ccc2c(c1)N(CCS(=O)(=O)[O-])C(=CC=Cc1sc3ccc(OC)cc3[n+]1CCS(=O)(=O)[O-])S2. The van der Waals surface area contributed by atoms with Gasteiger partial charge in [0.15, 0.2) is 6.54 Å². The van der Waals surface area contributed by atoms with Gasteiger partial charge < -0.3 is 23.5 Å². The van der Waals surface area contributed by atoms with Crippen molar-refractivity contribution in [1.82, 2.24) is 0 Å². The first-order chi connectivity index (χ1) is 17.5. The number of nitrogens with zero attached hydrogens (tertiary/aromatic N) is 2. The molecule has 1 aromatic heterocycles. The van der Waals surface area contributed by atoms with E-state index < -0.39 is 31.7 Å². The Morgan fingerprint density at radius 1 is 0.973 bits per heavy atom. The second-order valence-electron chi connectivity index (χ2n) is 7.90. The first kappa shape index (κ1) is 27.4. The van der Waals surface area contributed by atoms with Crippen LogP contribution in [0.5, 0.6) is 11.5 Å². The minimum atomic E-state index is -4.43. The van der Waals surface area contributed by atoms with E-state index in [2.05, 4.69) is 0 Å². The zero-order valence-electron chi connectivity index (χ0n) is 19.8. The van der Waals surface area contributed by atoms with E-state index in [0.717, 1.165) is 20.8 Å². The fraction of sp³-hybridized carbons (Fsp3) is 0.261. The summed E-state index contributed by atoms with van der Waals surface area (Å²) in [6, 6.07) is 10.9. The van der Waals surface area contributed by atoms with Crippen LogP contribution >= 0.6 is 23.1 Å². The van der Waals surface area contributed by atoms with Crippen LogP contribution in [0.4, 0.5) is 5.69 Å². The van der Waals surface area contributed by atoms with Crippen LogP contribution in [-0.4, -0.2) is 58.2 Å². The van der Waals surface area contributed by atoms with Crippen molar-refractivity contribution in [2.45, 2.75) is 11.4 Å². The van der Waals surface area contributed by atoms with Crippen LogP contribution < -0.4 is 18.9 Å². The maximum Gasteiger partial charge on any atom is 0.262 e. The maximum absolute atomic E-state index is 11.3. The molecule has 0 radical (unpaired) electrons. The zero-order chi connectivity index (χ0) is 26.8. The summed E-state index contributed by atoms with van der Waals surface area (Å²) in [6.07, 6.45) is 5.33. The number of thioether (sulfide) groups is 1. The molecule has 1 aliphatic heterocycles. The zero-order valence-corrected chi connectivity index (χ0v) is 23.1. The van der Waals surface area contributed by atoms with Crippen LogP contribution in [0.3, 0.4) is 0 Å². The summed E-state index contributed by atoms with van der Waals surface area (Å²) in [4.78, 5) is 2.63. The molecule has 198 valence electrons. The number of thiazole rings is 1. The summed E-state index contributed by atoms with van der Waals surface area (Å²) in [6.45, 7) is -0.0502. The number of fused-ring (bicyclic) bond motifs is 2. The molecule has 0 saturated carbocycles. The van der Waals surface area contributed by atoms with Gasteiger partial charge in [-0.05, 0) is 30.3 Å². The molecular formula is C23H23N2O8S4-. The number of hydrogen-bond donors (Lipinski definition) is 0. The summed E-state index contributed by atoms with van der Waals surface area (Å²) in [5.41, 5.74) is 1.47. The van der Waals surface area contributed by atoms with E-state index in [1.165, 1.54) is 37.3 Å². The summed E-state index contributed by atoms with van der Waals surface area (Å²) < 4.78 is 81.0. The molecule has 14 heteroatoms. The molecule has 0 bridgehead atoms. The highest BCUT2D eigenvalue weighted by Gasteiger charge is 2.26. The van der Waals surface area contributed by atoms with Gasteiger partial charge in [-0.25, -0.2) is 16.8 Å². The summed E-state index contributed by atoms with van der Waals surface area (Å²) >= 11 is 2.84. The standard InChI is InChI=1S/C23H24N2O8S4/c1-32-16-6-8-20-18(14-16)24(10-12-36(26,27)28)22(34-20)4-3-5-23-25(11-13-37(29,30)31)19-15-17(33-2)7-9-21(19)35-23/h3-9,14-15H,10-13H2,1-2H3,(H-,26,27,28,29,30,31)/p-1. The quantitative estimate of drug-likeness (QED) is 0.258. The number of allylic oxidation sites excluding steroid dienone is 2. The van der Waals surface area contributed by atoms with Gasteiger partial charge in [-0.1, -0.05) is 29.2 Å². The Kier molecular flexibility index (Phi) is 8.16. The molecule has 10 nitrogen and oxygen atoms in total. The summed E-state index contributed by atoms with van der Waals surface area (Å²) in [7, 11) is -5.79. The third-order valence-electron chi connectivity index (χ3n) is 5.48. The Bertz CT molecular complexity index is 1590. The largest absolute Gasteiger partial charge is 0.748 e. The minimum absolute atomic E-state index is 0.0251. The van der Waals surface area contributed by atoms with Gasteiger partial charge in [-0.15, -0.1) is 0 Å². The van der Waals surface area contributed by atoms with E-state index in [4.69, 9.17) is 9.47 Å². The molecule has 0 fully saturated rings. The number of rotatable bonds is 10. The molecule has 0 N–H and O–H groups in total. The molecule has 2 aromatic carbocycles. The predicted octanol–water partition coefficient (Wildman–Crippen LogP) is 2.76. The highest BCUT2D eigenvalue weighted by molar-refractivity contribution is 8.03. The lowest BCUT2D eigenvalue weighted by Gasteiger charge is -2.21. The average molecular weight is 584 g/mol. The maximum atomic E-state index is 11.3. The number of anilines is 1. The molecular weight excluding hydrogens is 561 g/mol. The monoisotopic (exact) mass is 583 g/mol. The Labute approximate surface area is 223 Å². The molecule has 0 amide bonds. The molecule has 0 spiro atoms. The van der Waals surface area contributed by atoms with E-state index in [-0.39, 0.29) is 13.1 Å². The van der Waals surface area contributed by atoms with E-state index in [9.17, 15) is 25.9 Å². The van der Waals surface area contributed by atoms with Gasteiger partial charge in [0.1, 0.15) is 26.3 Å². The van der Waals surface area contributed by atoms with Crippen molar-refractivity contribution in [3.63, 3.8) is 0 Å². The smallest absolute Gasteiger partial charge is 0.262 e. The highest BCUT2D eigenvalue weighted by Crippen LogP contribution is 2.47. The molecule has 1 aliphatic rings. The number of aromatic nitrogens is 1. The average Bonchev–Trinajstić information content (AvgIpc) is 3.36. The number of hydrogen-bond acceptors (Lipinski definition) is 11. The summed E-state index contributed by atoms with van der Waals surface area (Å²) in [5.74, 6) is 0.0718. The van der Waals surface area contributed by atoms with Crippen molar-refractivity contribution in [1.29, 1.82) is 0 Å². The molecule has 0 unspecified atom stereocenters. The third-order valence-corrected chi connectivity index (χ3v) is 9.11. The van der Waals surface area contributed by atoms with Crippen LogP contribution in [0.2, 0.25) is 0 Å². The Morgan fingerprint density at radius 3 is 2.32 bits per heavy atom. The molecule has 0 atom stereocenters. The molecule has 0 aliphatic carbocycles. The second kappa shape index (κ2) is 11.0. The molecule has 2 heterocycles. The van der Waals surface area contributed by atoms with E-state index in [1.54, 1.807) is 52.0 Å². The van der Waals surface area contributed by atoms with Gasteiger partial charge in [-0.2, -0.15) is 4.57 Å². The Balaban J connectivity index is 1.69. The van der Waals surface area contributed by atoms with Crippen LogP contribution in [-0.2, 0) is 26.8 Å². The summed E-state index contributed by atoms with van der Waals surface area (Å²) in [5, 5.41) is 1.42. The van der Waals surface area contributed by atoms with Gasteiger partial charge in [0.05, 0.1) is 52.6 Å². The van der Waals surface area contributed by atoms with Gasteiger partial charge in [0.2, 0.25) is 5.52 Å².